The highest BCUT2D eigenvalue weighted by molar-refractivity contribution is 7.26. The number of thiophene rings is 2. The van der Waals surface area contributed by atoms with Crippen LogP contribution < -0.4 is 34.3 Å². The summed E-state index contributed by atoms with van der Waals surface area (Å²) in [7, 11) is 0. The number of para-hydroxylation sites is 10. The Kier molecular flexibility index (Phi) is 15.9. The summed E-state index contributed by atoms with van der Waals surface area (Å²) in [6.45, 7) is 18.0. The van der Waals surface area contributed by atoms with Crippen molar-refractivity contribution >= 4 is 198 Å². The lowest BCUT2D eigenvalue weighted by Crippen LogP contribution is -2.32. The molecule has 0 fully saturated rings. The van der Waals surface area contributed by atoms with Gasteiger partial charge < -0.3 is 34.3 Å². The van der Waals surface area contributed by atoms with E-state index in [1.54, 1.807) is 0 Å². The number of fused-ring (bicyclic) bond motifs is 16. The van der Waals surface area contributed by atoms with Gasteiger partial charge in [0.2, 0.25) is 0 Å². The van der Waals surface area contributed by atoms with Crippen LogP contribution in [0.15, 0.2) is 328 Å². The van der Waals surface area contributed by atoms with Crippen LogP contribution in [0.2, 0.25) is 0 Å². The van der Waals surface area contributed by atoms with Crippen LogP contribution in [-0.2, 0) is 0 Å². The predicted octanol–water partition coefficient (Wildman–Crippen LogP) is 31.1. The molecule has 0 radical (unpaired) electrons. The van der Waals surface area contributed by atoms with Gasteiger partial charge in [0.15, 0.2) is 0 Å². The summed E-state index contributed by atoms with van der Waals surface area (Å²) < 4.78 is 5.23. The maximum atomic E-state index is 2.52. The molecule has 0 N–H and O–H groups in total. The summed E-state index contributed by atoms with van der Waals surface area (Å²) >= 11 is 3.75. The van der Waals surface area contributed by atoms with E-state index in [4.69, 9.17) is 0 Å². The molecule has 0 bridgehead atoms. The molecule has 2 aromatic heterocycles. The number of aryl methyl sites for hydroxylation is 4. The van der Waals surface area contributed by atoms with Gasteiger partial charge in [0.05, 0.1) is 79.6 Å². The maximum Gasteiger partial charge on any atom is 0.0717 e. The molecule has 0 spiro atoms. The van der Waals surface area contributed by atoms with Gasteiger partial charge >= 0.3 is 0 Å². The minimum atomic E-state index is 0.280. The van der Waals surface area contributed by atoms with E-state index in [-0.39, 0.29) is 6.04 Å². The number of anilines is 20. The first kappa shape index (κ1) is 67.2. The molecule has 6 heterocycles. The Morgan fingerprint density at radius 3 is 0.982 bits per heavy atom. The second-order valence-corrected chi connectivity index (χ2v) is 33.4. The highest BCUT2D eigenvalue weighted by Crippen LogP contribution is 2.61. The Hall–Kier alpha value is -12.9. The molecular weight excluding hydrogens is 1400 g/mol. The zero-order valence-corrected chi connectivity index (χ0v) is 65.5. The molecule has 0 atom stereocenters. The number of benzene rings is 16. The SMILES string of the molecule is CC(C)C1c2ccccc2N(c2cccc3c(N4c5ccccc5N(C(C)C)c5cc6c(cc54)sc4ccccc46)cccc23)c2ccccc21.Cc1cc(C)cc(N2c3ccccc3N(c3ccc4cc(N5c6ccccc6N(c6cc(C)cc(C)c6)c6cc7c(cc65)sc5ccccc57)ccc4c3)c3ccccc32)c1. The molecule has 18 aromatic rings. The van der Waals surface area contributed by atoms with Crippen LogP contribution in [0.1, 0.15) is 67.0 Å². The molecule has 4 aliphatic rings. The van der Waals surface area contributed by atoms with Gasteiger partial charge in [-0.3, -0.25) is 0 Å². The first-order chi connectivity index (χ1) is 54.8. The van der Waals surface area contributed by atoms with Crippen molar-refractivity contribution in [2.45, 2.75) is 67.3 Å². The Morgan fingerprint density at radius 1 is 0.223 bits per heavy atom. The fourth-order valence-electron chi connectivity index (χ4n) is 18.8. The summed E-state index contributed by atoms with van der Waals surface area (Å²) in [6.07, 6.45) is 0. The lowest BCUT2D eigenvalue weighted by atomic mass is 9.78. The zero-order chi connectivity index (χ0) is 75.3. The van der Waals surface area contributed by atoms with Crippen molar-refractivity contribution in [2.75, 3.05) is 34.3 Å². The summed E-state index contributed by atoms with van der Waals surface area (Å²) in [5, 5.41) is 10.1. The van der Waals surface area contributed by atoms with Crippen molar-refractivity contribution in [2.24, 2.45) is 5.92 Å². The van der Waals surface area contributed by atoms with Crippen LogP contribution in [0.3, 0.4) is 0 Å². The molecule has 0 unspecified atom stereocenters. The van der Waals surface area contributed by atoms with E-state index >= 15 is 0 Å². The third-order valence-corrected chi connectivity index (χ3v) is 25.5. The second kappa shape index (κ2) is 26.4. The van der Waals surface area contributed by atoms with Gasteiger partial charge in [-0.1, -0.05) is 184 Å². The molecule has 0 saturated carbocycles. The molecule has 0 aliphatic carbocycles. The Bertz CT molecular complexity index is 6750. The lowest BCUT2D eigenvalue weighted by molar-refractivity contribution is 0.560. The molecule has 540 valence electrons. The summed E-state index contributed by atoms with van der Waals surface area (Å²) in [6, 6.07) is 122. The monoisotopic (exact) mass is 1480 g/mol. The smallest absolute Gasteiger partial charge is 0.0717 e. The molecule has 9 heteroatoms. The van der Waals surface area contributed by atoms with Gasteiger partial charge in [-0.05, 0) is 249 Å². The summed E-state index contributed by atoms with van der Waals surface area (Å²) in [4.78, 5) is 17.3. The van der Waals surface area contributed by atoms with E-state index < -0.39 is 0 Å². The van der Waals surface area contributed by atoms with Crippen molar-refractivity contribution in [3.63, 3.8) is 0 Å². The van der Waals surface area contributed by atoms with Crippen molar-refractivity contribution in [1.82, 2.24) is 0 Å². The van der Waals surface area contributed by atoms with E-state index in [9.17, 15) is 0 Å². The minimum absolute atomic E-state index is 0.280. The molecule has 4 aliphatic heterocycles. The van der Waals surface area contributed by atoms with E-state index in [0.29, 0.717) is 11.8 Å². The number of hydrogen-bond acceptors (Lipinski definition) is 9. The van der Waals surface area contributed by atoms with Crippen molar-refractivity contribution < 1.29 is 0 Å². The van der Waals surface area contributed by atoms with Crippen molar-refractivity contribution in [1.29, 1.82) is 0 Å². The van der Waals surface area contributed by atoms with Crippen molar-refractivity contribution in [3.8, 4) is 0 Å². The third kappa shape index (κ3) is 10.7. The van der Waals surface area contributed by atoms with Crippen LogP contribution in [0.25, 0.3) is 61.9 Å². The van der Waals surface area contributed by atoms with E-state index in [0.717, 1.165) is 45.5 Å². The number of nitrogens with zero attached hydrogens (tertiary/aromatic N) is 7. The van der Waals surface area contributed by atoms with E-state index in [2.05, 4.69) is 417 Å². The Balaban J connectivity index is 0.000000144. The van der Waals surface area contributed by atoms with Gasteiger partial charge in [0, 0.05) is 97.2 Å². The van der Waals surface area contributed by atoms with Crippen LogP contribution in [0.5, 0.6) is 0 Å². The molecule has 0 saturated heterocycles. The quantitative estimate of drug-likeness (QED) is 0.149. The Labute approximate surface area is 662 Å². The van der Waals surface area contributed by atoms with Gasteiger partial charge in [0.25, 0.3) is 0 Å². The molecular formula is C103H81N7S2. The van der Waals surface area contributed by atoms with Crippen LogP contribution in [0.4, 0.5) is 114 Å². The zero-order valence-electron chi connectivity index (χ0n) is 63.9. The highest BCUT2D eigenvalue weighted by Gasteiger charge is 2.38. The normalized spacial score (nSPS) is 13.5. The maximum absolute atomic E-state index is 2.52. The second-order valence-electron chi connectivity index (χ2n) is 31.2. The number of rotatable bonds is 8. The number of hydrogen-bond donors (Lipinski definition) is 0. The first-order valence-electron chi connectivity index (χ1n) is 39.1. The average molecular weight is 1480 g/mol. The van der Waals surface area contributed by atoms with Crippen LogP contribution >= 0.6 is 22.7 Å². The summed E-state index contributed by atoms with van der Waals surface area (Å²) in [5.74, 6) is 0.820. The Morgan fingerprint density at radius 2 is 0.545 bits per heavy atom. The minimum Gasteiger partial charge on any atom is -0.335 e. The highest BCUT2D eigenvalue weighted by atomic mass is 32.1. The molecule has 112 heavy (non-hydrogen) atoms. The largest absolute Gasteiger partial charge is 0.335 e. The average Bonchev–Trinajstić information content (AvgIpc) is 1.32. The fraction of sp³-hybridized carbons (Fsp3) is 0.107. The van der Waals surface area contributed by atoms with Gasteiger partial charge in [0.1, 0.15) is 0 Å². The van der Waals surface area contributed by atoms with Crippen molar-refractivity contribution in [3.05, 3.63) is 361 Å². The standard InChI is InChI=1S/C56H42N4S.C47H39N3S/c1-35-25-36(2)28-43(27-35)59-50-17-9-6-14-47(50)57(48-15-7-10-18-51(48)59)41-23-21-40-32-42(24-22-39(40)31-41)58-49-16-8-11-19-52(49)60(44-29-37(3)26-38(4)30-44)53-33-46-45-13-5-12-20-55(45)61-56(46)34-54(53)58;1-29(2)47-34-16-5-8-20-39(34)49(40-21-9-6-17-35(40)47)37-24-13-19-32-31(37)18-14-25-38(32)50-42-23-11-10-22-41(42)48(30(3)4)43-27-36-33-15-7-12-26-45(33)51-46(36)28-44(43)50/h5-34H,1-4H3;5-30,47H,1-4H3. The van der Waals surface area contributed by atoms with E-state index in [1.807, 2.05) is 22.7 Å². The lowest BCUT2D eigenvalue weighted by Gasteiger charge is -2.43. The first-order valence-corrected chi connectivity index (χ1v) is 40.8. The fourth-order valence-corrected chi connectivity index (χ4v) is 21.1. The van der Waals surface area contributed by atoms with Gasteiger partial charge in [-0.2, -0.15) is 0 Å². The van der Waals surface area contributed by atoms with Gasteiger partial charge in [-0.25, -0.2) is 0 Å². The predicted molar refractivity (Wildman–Crippen MR) is 482 cm³/mol. The summed E-state index contributed by atoms with van der Waals surface area (Å²) in [5.41, 5.74) is 31.5. The van der Waals surface area contributed by atoms with E-state index in [1.165, 1.54) is 164 Å². The van der Waals surface area contributed by atoms with Gasteiger partial charge in [-0.15, -0.1) is 22.7 Å². The molecule has 7 nitrogen and oxygen atoms in total. The third-order valence-electron chi connectivity index (χ3n) is 23.2. The topological polar surface area (TPSA) is 22.7 Å². The molecule has 16 aromatic carbocycles. The molecule has 0 amide bonds. The van der Waals surface area contributed by atoms with Crippen LogP contribution in [0, 0.1) is 33.6 Å². The van der Waals surface area contributed by atoms with Crippen LogP contribution in [-0.4, -0.2) is 6.04 Å². The molecule has 22 rings (SSSR count).